The first kappa shape index (κ1) is 16.5. The Labute approximate surface area is 113 Å². The standard InChI is InChI=1S/C12H17NO4.ClH/c1-13(2)7-8-17-12(15)9-5-4-6-10(16-3)11(9)14;/h4-6,14H,7-8H2,1-3H3;1H. The molecule has 18 heavy (non-hydrogen) atoms. The molecule has 0 radical (unpaired) electrons. The highest BCUT2D eigenvalue weighted by molar-refractivity contribution is 5.93. The molecule has 0 bridgehead atoms. The van der Waals surface area contributed by atoms with Crippen LogP contribution in [0.15, 0.2) is 18.2 Å². The van der Waals surface area contributed by atoms with Crippen LogP contribution in [0.4, 0.5) is 0 Å². The number of esters is 1. The first-order valence-electron chi connectivity index (χ1n) is 5.38. The first-order valence-corrected chi connectivity index (χ1v) is 5.38. The van der Waals surface area contributed by atoms with Crippen molar-refractivity contribution in [2.75, 3.05) is 34.4 Å². The number of quaternary nitrogens is 1. The number of nitrogens with one attached hydrogen (secondary N) is 1. The number of halogens is 1. The van der Waals surface area contributed by atoms with Gasteiger partial charge in [-0.3, -0.25) is 0 Å². The molecular formula is C12H18ClNO4. The number of likely N-dealkylation sites (N-methyl/N-ethyl adjacent to an activating group) is 1. The molecule has 1 aromatic carbocycles. The number of phenols is 1. The predicted octanol–water partition coefficient (Wildman–Crippen LogP) is -3.29. The van der Waals surface area contributed by atoms with Gasteiger partial charge in [0.1, 0.15) is 18.7 Å². The molecule has 0 saturated heterocycles. The minimum absolute atomic E-state index is 0. The Balaban J connectivity index is 0.00000289. The van der Waals surface area contributed by atoms with Gasteiger partial charge in [0.25, 0.3) is 0 Å². The van der Waals surface area contributed by atoms with Crippen molar-refractivity contribution in [1.29, 1.82) is 0 Å². The summed E-state index contributed by atoms with van der Waals surface area (Å²) >= 11 is 0. The highest BCUT2D eigenvalue weighted by Gasteiger charge is 2.16. The van der Waals surface area contributed by atoms with E-state index in [0.717, 1.165) is 6.54 Å². The second kappa shape index (κ2) is 7.79. The zero-order chi connectivity index (χ0) is 12.8. The van der Waals surface area contributed by atoms with Crippen LogP contribution >= 0.6 is 0 Å². The van der Waals surface area contributed by atoms with Crippen molar-refractivity contribution >= 4 is 5.97 Å². The van der Waals surface area contributed by atoms with Crippen LogP contribution in [0.5, 0.6) is 11.5 Å². The predicted molar refractivity (Wildman–Crippen MR) is 62.6 cm³/mol. The van der Waals surface area contributed by atoms with E-state index in [2.05, 4.69) is 0 Å². The molecule has 0 fully saturated rings. The maximum absolute atomic E-state index is 11.7. The lowest BCUT2D eigenvalue weighted by atomic mass is 10.2. The molecule has 0 amide bonds. The van der Waals surface area contributed by atoms with E-state index >= 15 is 0 Å². The summed E-state index contributed by atoms with van der Waals surface area (Å²) in [6, 6.07) is 4.71. The second-order valence-corrected chi connectivity index (χ2v) is 3.95. The molecule has 0 atom stereocenters. The molecule has 1 aromatic rings. The average Bonchev–Trinajstić information content (AvgIpc) is 2.28. The van der Waals surface area contributed by atoms with Crippen LogP contribution in [-0.4, -0.2) is 45.4 Å². The van der Waals surface area contributed by atoms with Crippen molar-refractivity contribution in [2.45, 2.75) is 0 Å². The largest absolute Gasteiger partial charge is 1.00 e. The van der Waals surface area contributed by atoms with E-state index in [0.29, 0.717) is 6.61 Å². The number of rotatable bonds is 5. The SMILES string of the molecule is COc1cccc(C(=O)OCC[NH+](C)C)c1O.[Cl-]. The van der Waals surface area contributed by atoms with E-state index in [4.69, 9.17) is 9.47 Å². The van der Waals surface area contributed by atoms with Crippen LogP contribution in [0.2, 0.25) is 0 Å². The van der Waals surface area contributed by atoms with Crippen LogP contribution in [0.25, 0.3) is 0 Å². The van der Waals surface area contributed by atoms with Crippen LogP contribution < -0.4 is 22.0 Å². The third kappa shape index (κ3) is 4.43. The van der Waals surface area contributed by atoms with Crippen LogP contribution in [0.3, 0.4) is 0 Å². The van der Waals surface area contributed by atoms with Crippen LogP contribution in [0, 0.1) is 0 Å². The van der Waals surface area contributed by atoms with Gasteiger partial charge in [0.2, 0.25) is 0 Å². The van der Waals surface area contributed by atoms with Gasteiger partial charge in [-0.1, -0.05) is 6.07 Å². The van der Waals surface area contributed by atoms with E-state index in [1.54, 1.807) is 12.1 Å². The van der Waals surface area contributed by atoms with E-state index in [1.165, 1.54) is 18.1 Å². The highest BCUT2D eigenvalue weighted by atomic mass is 35.5. The van der Waals surface area contributed by atoms with Crippen LogP contribution in [0.1, 0.15) is 10.4 Å². The fourth-order valence-corrected chi connectivity index (χ4v) is 1.28. The molecule has 0 saturated carbocycles. The van der Waals surface area contributed by atoms with Crippen molar-refractivity contribution in [2.24, 2.45) is 0 Å². The molecule has 0 aromatic heterocycles. The van der Waals surface area contributed by atoms with Gasteiger partial charge in [0.15, 0.2) is 11.5 Å². The Morgan fingerprint density at radius 2 is 2.06 bits per heavy atom. The number of benzene rings is 1. The minimum atomic E-state index is -0.539. The van der Waals surface area contributed by atoms with Crippen LogP contribution in [-0.2, 0) is 4.74 Å². The monoisotopic (exact) mass is 275 g/mol. The maximum Gasteiger partial charge on any atom is 0.342 e. The number of carbonyl (C=O) groups excluding carboxylic acids is 1. The number of methoxy groups -OCH3 is 1. The lowest BCUT2D eigenvalue weighted by Gasteiger charge is -2.10. The quantitative estimate of drug-likeness (QED) is 0.553. The van der Waals surface area contributed by atoms with Gasteiger partial charge in [-0.2, -0.15) is 0 Å². The van der Waals surface area contributed by atoms with Crippen molar-refractivity contribution in [1.82, 2.24) is 0 Å². The molecular weight excluding hydrogens is 258 g/mol. The minimum Gasteiger partial charge on any atom is -1.00 e. The summed E-state index contributed by atoms with van der Waals surface area (Å²) in [6.07, 6.45) is 0. The smallest absolute Gasteiger partial charge is 0.342 e. The molecule has 6 heteroatoms. The topological polar surface area (TPSA) is 60.2 Å². The molecule has 0 unspecified atom stereocenters. The molecule has 0 heterocycles. The summed E-state index contributed by atoms with van der Waals surface area (Å²) in [5, 5.41) is 9.74. The Morgan fingerprint density at radius 1 is 1.39 bits per heavy atom. The zero-order valence-electron chi connectivity index (χ0n) is 10.7. The summed E-state index contributed by atoms with van der Waals surface area (Å²) < 4.78 is 9.96. The molecule has 102 valence electrons. The fourth-order valence-electron chi connectivity index (χ4n) is 1.28. The number of para-hydroxylation sites is 1. The molecule has 1 rings (SSSR count). The summed E-state index contributed by atoms with van der Waals surface area (Å²) in [5.74, 6) is -0.461. The molecule has 0 spiro atoms. The number of phenolic OH excluding ortho intramolecular Hbond substituents is 1. The summed E-state index contributed by atoms with van der Waals surface area (Å²) in [6.45, 7) is 1.04. The average molecular weight is 276 g/mol. The summed E-state index contributed by atoms with van der Waals surface area (Å²) in [5.41, 5.74) is 0.123. The third-order valence-electron chi connectivity index (χ3n) is 2.27. The lowest BCUT2D eigenvalue weighted by Crippen LogP contribution is -3.06. The zero-order valence-corrected chi connectivity index (χ0v) is 11.5. The fraction of sp³-hybridized carbons (Fsp3) is 0.417. The molecule has 0 aliphatic carbocycles. The molecule has 2 N–H and O–H groups in total. The Bertz CT molecular complexity index is 396. The van der Waals surface area contributed by atoms with E-state index in [1.807, 2.05) is 14.1 Å². The number of ether oxygens (including phenoxy) is 2. The van der Waals surface area contributed by atoms with Gasteiger partial charge in [0, 0.05) is 0 Å². The van der Waals surface area contributed by atoms with Crippen molar-refractivity contribution in [3.05, 3.63) is 23.8 Å². The van der Waals surface area contributed by atoms with E-state index in [-0.39, 0.29) is 29.5 Å². The number of hydrogen-bond acceptors (Lipinski definition) is 4. The summed E-state index contributed by atoms with van der Waals surface area (Å²) in [7, 11) is 5.37. The van der Waals surface area contributed by atoms with E-state index < -0.39 is 5.97 Å². The van der Waals surface area contributed by atoms with Gasteiger partial charge in [-0.15, -0.1) is 0 Å². The molecule has 0 aliphatic rings. The maximum atomic E-state index is 11.7. The van der Waals surface area contributed by atoms with Crippen molar-refractivity contribution in [3.63, 3.8) is 0 Å². The number of aromatic hydroxyl groups is 1. The summed E-state index contributed by atoms with van der Waals surface area (Å²) in [4.78, 5) is 12.9. The van der Waals surface area contributed by atoms with E-state index in [9.17, 15) is 9.90 Å². The Hall–Kier alpha value is -1.46. The van der Waals surface area contributed by atoms with Crippen molar-refractivity contribution in [3.8, 4) is 11.5 Å². The second-order valence-electron chi connectivity index (χ2n) is 3.95. The van der Waals surface area contributed by atoms with Gasteiger partial charge in [0.05, 0.1) is 21.2 Å². The van der Waals surface area contributed by atoms with Gasteiger partial charge >= 0.3 is 5.97 Å². The Morgan fingerprint density at radius 3 is 2.61 bits per heavy atom. The first-order chi connectivity index (χ1) is 8.06. The highest BCUT2D eigenvalue weighted by Crippen LogP contribution is 2.29. The van der Waals surface area contributed by atoms with Gasteiger partial charge in [-0.25, -0.2) is 4.79 Å². The van der Waals surface area contributed by atoms with Crippen molar-refractivity contribution < 1.29 is 36.7 Å². The molecule has 0 aliphatic heterocycles. The third-order valence-corrected chi connectivity index (χ3v) is 2.27. The number of hydrogen-bond donors (Lipinski definition) is 2. The van der Waals surface area contributed by atoms with Gasteiger partial charge < -0.3 is 31.9 Å². The Kier molecular flexibility index (Phi) is 7.16. The van der Waals surface area contributed by atoms with Gasteiger partial charge in [-0.05, 0) is 12.1 Å². The normalized spacial score (nSPS) is 9.78. The molecule has 5 nitrogen and oxygen atoms in total. The lowest BCUT2D eigenvalue weighted by molar-refractivity contribution is -0.858. The number of carbonyl (C=O) groups is 1.